The summed E-state index contributed by atoms with van der Waals surface area (Å²) in [6.07, 6.45) is 1.04. The van der Waals surface area contributed by atoms with Gasteiger partial charge in [0.05, 0.1) is 17.8 Å². The van der Waals surface area contributed by atoms with Crippen molar-refractivity contribution < 1.29 is 9.13 Å². The van der Waals surface area contributed by atoms with E-state index in [-0.39, 0.29) is 0 Å². The van der Waals surface area contributed by atoms with Crippen LogP contribution >= 0.6 is 11.3 Å². The van der Waals surface area contributed by atoms with E-state index >= 15 is 0 Å². The molecule has 1 aromatic rings. The van der Waals surface area contributed by atoms with Gasteiger partial charge in [-0.1, -0.05) is 0 Å². The summed E-state index contributed by atoms with van der Waals surface area (Å²) < 4.78 is 19.3. The fourth-order valence-corrected chi connectivity index (χ4v) is 4.12. The van der Waals surface area contributed by atoms with E-state index in [2.05, 4.69) is 21.8 Å². The molecule has 3 rings (SSSR count). The molecule has 4 nitrogen and oxygen atoms in total. The molecule has 0 spiro atoms. The van der Waals surface area contributed by atoms with Crippen LogP contribution < -0.4 is 0 Å². The molecule has 0 aromatic carbocycles. The van der Waals surface area contributed by atoms with Crippen molar-refractivity contribution in [3.05, 3.63) is 16.1 Å². The topological polar surface area (TPSA) is 28.6 Å². The zero-order valence-electron chi connectivity index (χ0n) is 12.8. The Labute approximate surface area is 129 Å². The highest BCUT2D eigenvalue weighted by Crippen LogP contribution is 2.26. The molecule has 0 saturated carbocycles. The van der Waals surface area contributed by atoms with E-state index in [9.17, 15) is 4.39 Å². The fraction of sp³-hybridized carbons (Fsp3) is 0.800. The van der Waals surface area contributed by atoms with Crippen molar-refractivity contribution in [3.63, 3.8) is 0 Å². The minimum Gasteiger partial charge on any atom is -0.380 e. The Bertz CT molecular complexity index is 464. The maximum Gasteiger partial charge on any atom is 0.114 e. The quantitative estimate of drug-likeness (QED) is 0.832. The van der Waals surface area contributed by atoms with Gasteiger partial charge in [0.1, 0.15) is 6.17 Å². The molecule has 0 N–H and O–H groups in total. The van der Waals surface area contributed by atoms with Crippen molar-refractivity contribution in [2.75, 3.05) is 33.4 Å². The summed E-state index contributed by atoms with van der Waals surface area (Å²) >= 11 is 1.68. The minimum atomic E-state index is -0.698. The molecule has 0 aliphatic carbocycles. The minimum absolute atomic E-state index is 0.298. The lowest BCUT2D eigenvalue weighted by molar-refractivity contribution is 0.130. The lowest BCUT2D eigenvalue weighted by atomic mass is 10.1. The number of likely N-dealkylation sites (tertiary alicyclic amines) is 1. The molecular formula is C15H24FN3OS. The van der Waals surface area contributed by atoms with Crippen LogP contribution in [0.4, 0.5) is 4.39 Å². The van der Waals surface area contributed by atoms with Crippen molar-refractivity contribution in [1.29, 1.82) is 0 Å². The van der Waals surface area contributed by atoms with E-state index in [0.717, 1.165) is 38.4 Å². The Balaban J connectivity index is 1.60. The third-order valence-corrected chi connectivity index (χ3v) is 5.62. The molecule has 2 aliphatic heterocycles. The molecule has 2 aliphatic rings. The summed E-state index contributed by atoms with van der Waals surface area (Å²) in [5.74, 6) is 0. The number of alkyl halides is 1. The number of halogens is 1. The van der Waals surface area contributed by atoms with Gasteiger partial charge in [-0.2, -0.15) is 0 Å². The van der Waals surface area contributed by atoms with E-state index in [1.54, 1.807) is 11.3 Å². The van der Waals surface area contributed by atoms with Gasteiger partial charge in [-0.15, -0.1) is 11.3 Å². The summed E-state index contributed by atoms with van der Waals surface area (Å²) in [6, 6.07) is 0.794. The number of hydrogen-bond acceptors (Lipinski definition) is 5. The molecule has 118 valence electrons. The second-order valence-electron chi connectivity index (χ2n) is 6.23. The normalized spacial score (nSPS) is 30.6. The Hall–Kier alpha value is -0.560. The van der Waals surface area contributed by atoms with Crippen LogP contribution in [0.1, 0.15) is 23.4 Å². The highest BCUT2D eigenvalue weighted by Gasteiger charge is 2.34. The van der Waals surface area contributed by atoms with Gasteiger partial charge in [0.2, 0.25) is 0 Å². The third kappa shape index (κ3) is 3.62. The molecule has 3 heterocycles. The van der Waals surface area contributed by atoms with E-state index < -0.39 is 6.17 Å². The number of ether oxygens (including phenoxy) is 1. The van der Waals surface area contributed by atoms with Crippen molar-refractivity contribution >= 4 is 11.3 Å². The van der Waals surface area contributed by atoms with E-state index in [4.69, 9.17) is 4.74 Å². The van der Waals surface area contributed by atoms with Gasteiger partial charge in [-0.3, -0.25) is 9.80 Å². The average molecular weight is 313 g/mol. The zero-order valence-corrected chi connectivity index (χ0v) is 13.6. The van der Waals surface area contributed by atoms with Gasteiger partial charge in [0, 0.05) is 43.2 Å². The molecule has 21 heavy (non-hydrogen) atoms. The van der Waals surface area contributed by atoms with Crippen LogP contribution in [-0.2, 0) is 11.3 Å². The standard InChI is InChI=1S/C15H24FN3OS/c1-11-15(21-10-17-11)8-19-6-12(16)5-14(19)7-18(2)13-3-4-20-9-13/h10,12-14H,3-9H2,1-2H3/t12-,13-,14-/m0/s1. The van der Waals surface area contributed by atoms with Gasteiger partial charge in [0.15, 0.2) is 0 Å². The Morgan fingerprint density at radius 2 is 2.43 bits per heavy atom. The molecule has 2 saturated heterocycles. The summed E-state index contributed by atoms with van der Waals surface area (Å²) in [4.78, 5) is 10.2. The van der Waals surface area contributed by atoms with Gasteiger partial charge in [-0.25, -0.2) is 9.37 Å². The van der Waals surface area contributed by atoms with Crippen LogP contribution in [0.5, 0.6) is 0 Å². The van der Waals surface area contributed by atoms with Gasteiger partial charge < -0.3 is 4.74 Å². The first kappa shape index (κ1) is 15.3. The van der Waals surface area contributed by atoms with Crippen LogP contribution in [0.15, 0.2) is 5.51 Å². The fourth-order valence-electron chi connectivity index (χ4n) is 3.32. The first-order valence-corrected chi connectivity index (χ1v) is 8.56. The Morgan fingerprint density at radius 3 is 3.10 bits per heavy atom. The second kappa shape index (κ2) is 6.69. The molecule has 1 aromatic heterocycles. The predicted octanol–water partition coefficient (Wildman–Crippen LogP) is 2.08. The molecule has 0 amide bonds. The smallest absolute Gasteiger partial charge is 0.114 e. The number of rotatable bonds is 5. The van der Waals surface area contributed by atoms with Crippen molar-refractivity contribution in [3.8, 4) is 0 Å². The predicted molar refractivity (Wildman–Crippen MR) is 82.4 cm³/mol. The molecule has 6 heteroatoms. The van der Waals surface area contributed by atoms with Crippen LogP contribution in [0.2, 0.25) is 0 Å². The maximum absolute atomic E-state index is 13.9. The summed E-state index contributed by atoms with van der Waals surface area (Å²) in [5.41, 5.74) is 2.96. The van der Waals surface area contributed by atoms with Gasteiger partial charge in [-0.05, 0) is 26.8 Å². The molecule has 2 fully saturated rings. The zero-order chi connectivity index (χ0) is 14.8. The number of likely N-dealkylation sites (N-methyl/N-ethyl adjacent to an activating group) is 1. The largest absolute Gasteiger partial charge is 0.380 e. The van der Waals surface area contributed by atoms with E-state index in [1.165, 1.54) is 4.88 Å². The van der Waals surface area contributed by atoms with Crippen LogP contribution in [0, 0.1) is 6.92 Å². The monoisotopic (exact) mass is 313 g/mol. The summed E-state index contributed by atoms with van der Waals surface area (Å²) in [5, 5.41) is 0. The lowest BCUT2D eigenvalue weighted by Gasteiger charge is -2.30. The first-order valence-electron chi connectivity index (χ1n) is 7.68. The lowest BCUT2D eigenvalue weighted by Crippen LogP contribution is -2.42. The second-order valence-corrected chi connectivity index (χ2v) is 7.17. The van der Waals surface area contributed by atoms with Crippen molar-refractivity contribution in [2.45, 2.75) is 44.6 Å². The number of thiazole rings is 1. The number of nitrogens with zero attached hydrogens (tertiary/aromatic N) is 3. The van der Waals surface area contributed by atoms with Crippen LogP contribution in [0.25, 0.3) is 0 Å². The van der Waals surface area contributed by atoms with E-state index in [0.29, 0.717) is 25.0 Å². The number of aromatic nitrogens is 1. The maximum atomic E-state index is 13.9. The molecular weight excluding hydrogens is 289 g/mol. The van der Waals surface area contributed by atoms with Gasteiger partial charge >= 0.3 is 0 Å². The number of aryl methyl sites for hydroxylation is 1. The third-order valence-electron chi connectivity index (χ3n) is 4.70. The molecule has 0 radical (unpaired) electrons. The van der Waals surface area contributed by atoms with Crippen LogP contribution in [-0.4, -0.2) is 66.4 Å². The average Bonchev–Trinajstić information content (AvgIpc) is 3.14. The number of hydrogen-bond donors (Lipinski definition) is 0. The highest BCUT2D eigenvalue weighted by atomic mass is 32.1. The van der Waals surface area contributed by atoms with E-state index in [1.807, 2.05) is 12.4 Å². The SMILES string of the molecule is Cc1ncsc1CN1C[C@@H](F)C[C@H]1CN(C)[C@H]1CCOC1. The van der Waals surface area contributed by atoms with Crippen LogP contribution in [0.3, 0.4) is 0 Å². The Kier molecular flexibility index (Phi) is 4.88. The Morgan fingerprint density at radius 1 is 1.57 bits per heavy atom. The first-order chi connectivity index (χ1) is 10.1. The molecule has 3 atom stereocenters. The van der Waals surface area contributed by atoms with Crippen molar-refractivity contribution in [1.82, 2.24) is 14.8 Å². The van der Waals surface area contributed by atoms with Gasteiger partial charge in [0.25, 0.3) is 0 Å². The molecule has 0 bridgehead atoms. The summed E-state index contributed by atoms with van der Waals surface area (Å²) in [6.45, 7) is 6.01. The highest BCUT2D eigenvalue weighted by molar-refractivity contribution is 7.09. The summed E-state index contributed by atoms with van der Waals surface area (Å²) in [7, 11) is 2.14. The molecule has 0 unspecified atom stereocenters. The van der Waals surface area contributed by atoms with Crippen molar-refractivity contribution in [2.24, 2.45) is 0 Å².